The SMILES string of the molecule is COC(=O)Cc1ccc(SC)c(C#N)c1. The van der Waals surface area contributed by atoms with Gasteiger partial charge < -0.3 is 4.74 Å². The summed E-state index contributed by atoms with van der Waals surface area (Å²) in [4.78, 5) is 11.9. The molecule has 0 saturated heterocycles. The second-order valence-electron chi connectivity index (χ2n) is 2.90. The molecule has 78 valence electrons. The minimum Gasteiger partial charge on any atom is -0.469 e. The zero-order valence-electron chi connectivity index (χ0n) is 8.61. The summed E-state index contributed by atoms with van der Waals surface area (Å²) in [5, 5.41) is 8.89. The maximum absolute atomic E-state index is 11.0. The Labute approximate surface area is 93.0 Å². The predicted molar refractivity (Wildman–Crippen MR) is 58.7 cm³/mol. The van der Waals surface area contributed by atoms with Crippen LogP contribution < -0.4 is 0 Å². The molecule has 0 aliphatic heterocycles. The third-order valence-corrected chi connectivity index (χ3v) is 2.76. The van der Waals surface area contributed by atoms with E-state index in [1.165, 1.54) is 18.9 Å². The number of rotatable bonds is 3. The first-order chi connectivity index (χ1) is 7.21. The van der Waals surface area contributed by atoms with Gasteiger partial charge in [-0.3, -0.25) is 4.79 Å². The number of hydrogen-bond donors (Lipinski definition) is 0. The van der Waals surface area contributed by atoms with E-state index in [9.17, 15) is 4.79 Å². The highest BCUT2D eigenvalue weighted by Crippen LogP contribution is 2.21. The van der Waals surface area contributed by atoms with E-state index in [2.05, 4.69) is 10.8 Å². The average Bonchev–Trinajstić information content (AvgIpc) is 2.28. The quantitative estimate of drug-likeness (QED) is 0.578. The smallest absolute Gasteiger partial charge is 0.309 e. The molecule has 1 rings (SSSR count). The van der Waals surface area contributed by atoms with Crippen molar-refractivity contribution in [1.82, 2.24) is 0 Å². The Hall–Kier alpha value is -1.47. The van der Waals surface area contributed by atoms with Crippen molar-refractivity contribution in [3.63, 3.8) is 0 Å². The van der Waals surface area contributed by atoms with Crippen LogP contribution in [0, 0.1) is 11.3 Å². The summed E-state index contributed by atoms with van der Waals surface area (Å²) in [6, 6.07) is 7.52. The molecule has 0 atom stereocenters. The van der Waals surface area contributed by atoms with Gasteiger partial charge in [0.15, 0.2) is 0 Å². The van der Waals surface area contributed by atoms with Crippen LogP contribution in [0.15, 0.2) is 23.1 Å². The Morgan fingerprint density at radius 2 is 2.33 bits per heavy atom. The van der Waals surface area contributed by atoms with Gasteiger partial charge in [0.05, 0.1) is 19.1 Å². The molecule has 0 amide bonds. The number of thioether (sulfide) groups is 1. The van der Waals surface area contributed by atoms with E-state index in [1.807, 2.05) is 18.4 Å². The van der Waals surface area contributed by atoms with Crippen LogP contribution in [-0.2, 0) is 16.0 Å². The molecule has 0 radical (unpaired) electrons. The summed E-state index contributed by atoms with van der Waals surface area (Å²) in [7, 11) is 1.35. The second kappa shape index (κ2) is 5.42. The molecule has 0 spiro atoms. The fourth-order valence-corrected chi connectivity index (χ4v) is 1.72. The minimum atomic E-state index is -0.296. The Morgan fingerprint density at radius 1 is 1.60 bits per heavy atom. The number of hydrogen-bond acceptors (Lipinski definition) is 4. The van der Waals surface area contributed by atoms with E-state index in [1.54, 1.807) is 6.07 Å². The fourth-order valence-electron chi connectivity index (χ4n) is 1.19. The lowest BCUT2D eigenvalue weighted by molar-refractivity contribution is -0.139. The molecule has 4 heteroatoms. The van der Waals surface area contributed by atoms with Crippen LogP contribution in [0.2, 0.25) is 0 Å². The van der Waals surface area contributed by atoms with Gasteiger partial charge in [-0.15, -0.1) is 11.8 Å². The van der Waals surface area contributed by atoms with E-state index >= 15 is 0 Å². The van der Waals surface area contributed by atoms with Crippen molar-refractivity contribution in [2.45, 2.75) is 11.3 Å². The predicted octanol–water partition coefficient (Wildman–Crippen LogP) is 2.00. The molecule has 0 aliphatic rings. The van der Waals surface area contributed by atoms with Gasteiger partial charge in [-0.1, -0.05) is 6.07 Å². The summed E-state index contributed by atoms with van der Waals surface area (Å²) in [6.45, 7) is 0. The van der Waals surface area contributed by atoms with E-state index < -0.39 is 0 Å². The van der Waals surface area contributed by atoms with Gasteiger partial charge in [0.25, 0.3) is 0 Å². The highest BCUT2D eigenvalue weighted by atomic mass is 32.2. The van der Waals surface area contributed by atoms with Crippen molar-refractivity contribution in [3.05, 3.63) is 29.3 Å². The van der Waals surface area contributed by atoms with E-state index in [-0.39, 0.29) is 12.4 Å². The number of methoxy groups -OCH3 is 1. The van der Waals surface area contributed by atoms with Gasteiger partial charge in [-0.05, 0) is 24.0 Å². The Morgan fingerprint density at radius 3 is 2.87 bits per heavy atom. The topological polar surface area (TPSA) is 50.1 Å². The third kappa shape index (κ3) is 3.00. The van der Waals surface area contributed by atoms with Crippen LogP contribution in [0.1, 0.15) is 11.1 Å². The van der Waals surface area contributed by atoms with Crippen molar-refractivity contribution in [3.8, 4) is 6.07 Å². The average molecular weight is 221 g/mol. The lowest BCUT2D eigenvalue weighted by Crippen LogP contribution is -2.04. The number of ether oxygens (including phenoxy) is 1. The monoisotopic (exact) mass is 221 g/mol. The van der Waals surface area contributed by atoms with Crippen molar-refractivity contribution < 1.29 is 9.53 Å². The number of nitriles is 1. The van der Waals surface area contributed by atoms with Crippen LogP contribution in [0.4, 0.5) is 0 Å². The van der Waals surface area contributed by atoms with E-state index in [4.69, 9.17) is 5.26 Å². The standard InChI is InChI=1S/C11H11NO2S/c1-14-11(13)6-8-3-4-10(15-2)9(5-8)7-12/h3-5H,6H2,1-2H3. The zero-order valence-corrected chi connectivity index (χ0v) is 9.43. The first kappa shape index (κ1) is 11.6. The Bertz CT molecular complexity index is 410. The summed E-state index contributed by atoms with van der Waals surface area (Å²) in [5.74, 6) is -0.296. The van der Waals surface area contributed by atoms with Gasteiger partial charge in [-0.25, -0.2) is 0 Å². The molecule has 0 fully saturated rings. The van der Waals surface area contributed by atoms with Gasteiger partial charge in [-0.2, -0.15) is 5.26 Å². The molecular formula is C11H11NO2S. The third-order valence-electron chi connectivity index (χ3n) is 1.96. The molecule has 3 nitrogen and oxygen atoms in total. The highest BCUT2D eigenvalue weighted by molar-refractivity contribution is 7.98. The van der Waals surface area contributed by atoms with Crippen LogP contribution in [0.3, 0.4) is 0 Å². The molecule has 0 unspecified atom stereocenters. The molecule has 0 N–H and O–H groups in total. The molecule has 1 aromatic rings. The van der Waals surface area contributed by atoms with Gasteiger partial charge >= 0.3 is 5.97 Å². The lowest BCUT2D eigenvalue weighted by atomic mass is 10.1. The first-order valence-electron chi connectivity index (χ1n) is 4.35. The van der Waals surface area contributed by atoms with Gasteiger partial charge in [0.1, 0.15) is 6.07 Å². The number of nitrogens with zero attached hydrogens (tertiary/aromatic N) is 1. The number of carbonyl (C=O) groups is 1. The Kier molecular flexibility index (Phi) is 4.19. The molecular weight excluding hydrogens is 210 g/mol. The fraction of sp³-hybridized carbons (Fsp3) is 0.273. The molecule has 0 aliphatic carbocycles. The number of carbonyl (C=O) groups excluding carboxylic acids is 1. The van der Waals surface area contributed by atoms with E-state index in [0.29, 0.717) is 5.56 Å². The first-order valence-corrected chi connectivity index (χ1v) is 5.57. The summed E-state index contributed by atoms with van der Waals surface area (Å²) in [5.41, 5.74) is 1.40. The van der Waals surface area contributed by atoms with Crippen LogP contribution in [0.25, 0.3) is 0 Å². The second-order valence-corrected chi connectivity index (χ2v) is 3.75. The lowest BCUT2D eigenvalue weighted by Gasteiger charge is -2.03. The van der Waals surface area contributed by atoms with Crippen LogP contribution in [0.5, 0.6) is 0 Å². The van der Waals surface area contributed by atoms with Gasteiger partial charge in [0.2, 0.25) is 0 Å². The number of benzene rings is 1. The maximum atomic E-state index is 11.0. The maximum Gasteiger partial charge on any atom is 0.309 e. The van der Waals surface area contributed by atoms with E-state index in [0.717, 1.165) is 10.5 Å². The van der Waals surface area contributed by atoms with Gasteiger partial charge in [0, 0.05) is 4.90 Å². The van der Waals surface area contributed by atoms with Crippen molar-refractivity contribution in [2.24, 2.45) is 0 Å². The zero-order chi connectivity index (χ0) is 11.3. The number of esters is 1. The summed E-state index contributed by atoms with van der Waals surface area (Å²) < 4.78 is 4.56. The van der Waals surface area contributed by atoms with Crippen molar-refractivity contribution in [1.29, 1.82) is 5.26 Å². The molecule has 0 heterocycles. The van der Waals surface area contributed by atoms with Crippen LogP contribution in [-0.4, -0.2) is 19.3 Å². The molecule has 0 bridgehead atoms. The summed E-state index contributed by atoms with van der Waals surface area (Å²) in [6.07, 6.45) is 2.12. The molecule has 0 aromatic heterocycles. The summed E-state index contributed by atoms with van der Waals surface area (Å²) >= 11 is 1.51. The minimum absolute atomic E-state index is 0.208. The van der Waals surface area contributed by atoms with Crippen LogP contribution >= 0.6 is 11.8 Å². The van der Waals surface area contributed by atoms with Crippen molar-refractivity contribution in [2.75, 3.05) is 13.4 Å². The molecule has 1 aromatic carbocycles. The molecule has 0 saturated carbocycles. The Balaban J connectivity index is 2.94. The highest BCUT2D eigenvalue weighted by Gasteiger charge is 2.06. The van der Waals surface area contributed by atoms with Crippen molar-refractivity contribution >= 4 is 17.7 Å². The largest absolute Gasteiger partial charge is 0.469 e. The molecule has 15 heavy (non-hydrogen) atoms. The normalized spacial score (nSPS) is 9.40.